The number of amides is 1. The zero-order valence-corrected chi connectivity index (χ0v) is 17.1. The van der Waals surface area contributed by atoms with Crippen LogP contribution in [0.25, 0.3) is 0 Å². The van der Waals surface area contributed by atoms with Gasteiger partial charge >= 0.3 is 0 Å². The maximum atomic E-state index is 12.7. The van der Waals surface area contributed by atoms with Gasteiger partial charge in [-0.2, -0.15) is 0 Å². The summed E-state index contributed by atoms with van der Waals surface area (Å²) < 4.78 is 1.90. The number of carbonyl (C=O) groups excluding carboxylic acids is 1. The summed E-state index contributed by atoms with van der Waals surface area (Å²) in [6, 6.07) is 5.64. The lowest BCUT2D eigenvalue weighted by molar-refractivity contribution is 0.0950. The number of benzene rings is 1. The van der Waals surface area contributed by atoms with Crippen LogP contribution in [0.15, 0.2) is 23.0 Å². The van der Waals surface area contributed by atoms with Crippen molar-refractivity contribution >= 4 is 11.6 Å². The van der Waals surface area contributed by atoms with Gasteiger partial charge < -0.3 is 15.5 Å². The normalized spacial score (nSPS) is 14.4. The molecule has 2 aromatic rings. The summed E-state index contributed by atoms with van der Waals surface area (Å²) in [5.74, 6) is -0.166. The number of carbonyl (C=O) groups is 1. The molecule has 1 aromatic carbocycles. The van der Waals surface area contributed by atoms with Gasteiger partial charge in [0.1, 0.15) is 0 Å². The lowest BCUT2D eigenvalue weighted by Gasteiger charge is -2.15. The second kappa shape index (κ2) is 9.10. The molecule has 1 fully saturated rings. The first kappa shape index (κ1) is 20.2. The summed E-state index contributed by atoms with van der Waals surface area (Å²) in [6.07, 6.45) is 2.51. The highest BCUT2D eigenvalue weighted by molar-refractivity contribution is 5.97. The SMILES string of the molecule is CCNc1cccc(C(=O)NCc2c(C)n(CCN3CCCC3)[nH]c2=O)c1C. The van der Waals surface area contributed by atoms with Crippen molar-refractivity contribution < 1.29 is 4.79 Å². The van der Waals surface area contributed by atoms with Crippen LogP contribution in [0, 0.1) is 13.8 Å². The van der Waals surface area contributed by atoms with Crippen LogP contribution < -0.4 is 16.2 Å². The summed E-state index contributed by atoms with van der Waals surface area (Å²) in [5.41, 5.74) is 3.88. The van der Waals surface area contributed by atoms with Gasteiger partial charge in [-0.05, 0) is 64.4 Å². The van der Waals surface area contributed by atoms with E-state index in [0.29, 0.717) is 11.1 Å². The van der Waals surface area contributed by atoms with Crippen molar-refractivity contribution in [3.05, 3.63) is 50.9 Å². The molecule has 28 heavy (non-hydrogen) atoms. The predicted octanol–water partition coefficient (Wildman–Crippen LogP) is 2.25. The highest BCUT2D eigenvalue weighted by atomic mass is 16.2. The number of rotatable bonds is 8. The van der Waals surface area contributed by atoms with E-state index in [2.05, 4.69) is 20.6 Å². The molecule has 0 saturated carbocycles. The highest BCUT2D eigenvalue weighted by Gasteiger charge is 2.16. The van der Waals surface area contributed by atoms with Crippen LogP contribution in [-0.4, -0.2) is 46.8 Å². The average Bonchev–Trinajstić information content (AvgIpc) is 3.28. The fourth-order valence-corrected chi connectivity index (χ4v) is 3.81. The van der Waals surface area contributed by atoms with Gasteiger partial charge in [-0.25, -0.2) is 0 Å². The third-order valence-electron chi connectivity index (χ3n) is 5.56. The fraction of sp³-hybridized carbons (Fsp3) is 0.524. The van der Waals surface area contributed by atoms with Crippen molar-refractivity contribution in [1.29, 1.82) is 0 Å². The van der Waals surface area contributed by atoms with Crippen LogP contribution in [0.5, 0.6) is 0 Å². The van der Waals surface area contributed by atoms with E-state index in [1.54, 1.807) is 0 Å². The van der Waals surface area contributed by atoms with Crippen LogP contribution in [0.1, 0.15) is 46.9 Å². The van der Waals surface area contributed by atoms with E-state index in [1.165, 1.54) is 12.8 Å². The molecule has 3 N–H and O–H groups in total. The molecule has 0 spiro atoms. The largest absolute Gasteiger partial charge is 0.385 e. The van der Waals surface area contributed by atoms with Gasteiger partial charge in [0.15, 0.2) is 0 Å². The second-order valence-electron chi connectivity index (χ2n) is 7.40. The quantitative estimate of drug-likeness (QED) is 0.651. The Morgan fingerprint density at radius 1 is 1.18 bits per heavy atom. The first-order chi connectivity index (χ1) is 13.5. The Morgan fingerprint density at radius 3 is 2.64 bits per heavy atom. The fourth-order valence-electron chi connectivity index (χ4n) is 3.81. The summed E-state index contributed by atoms with van der Waals surface area (Å²) in [6.45, 7) is 10.9. The number of hydrogen-bond donors (Lipinski definition) is 3. The van der Waals surface area contributed by atoms with Gasteiger partial charge in [0, 0.05) is 30.0 Å². The Hall–Kier alpha value is -2.54. The highest BCUT2D eigenvalue weighted by Crippen LogP contribution is 2.19. The van der Waals surface area contributed by atoms with E-state index in [0.717, 1.165) is 49.7 Å². The molecule has 7 nitrogen and oxygen atoms in total. The molecule has 2 heterocycles. The molecule has 1 aliphatic rings. The predicted molar refractivity (Wildman–Crippen MR) is 112 cm³/mol. The van der Waals surface area contributed by atoms with Crippen LogP contribution in [0.4, 0.5) is 5.69 Å². The molecular formula is C21H31N5O2. The molecule has 0 aliphatic carbocycles. The van der Waals surface area contributed by atoms with Crippen molar-refractivity contribution in [3.63, 3.8) is 0 Å². The summed E-state index contributed by atoms with van der Waals surface area (Å²) in [4.78, 5) is 27.4. The van der Waals surface area contributed by atoms with Crippen LogP contribution >= 0.6 is 0 Å². The Kier molecular flexibility index (Phi) is 6.57. The molecular weight excluding hydrogens is 354 g/mol. The molecule has 1 aliphatic heterocycles. The number of nitrogens with one attached hydrogen (secondary N) is 3. The number of hydrogen-bond acceptors (Lipinski definition) is 4. The molecule has 0 atom stereocenters. The number of aromatic amines is 1. The van der Waals surface area contributed by atoms with Gasteiger partial charge in [0.2, 0.25) is 0 Å². The molecule has 3 rings (SSSR count). The van der Waals surface area contributed by atoms with Crippen LogP contribution in [0.3, 0.4) is 0 Å². The maximum Gasteiger partial charge on any atom is 0.269 e. The van der Waals surface area contributed by atoms with E-state index in [9.17, 15) is 9.59 Å². The molecule has 7 heteroatoms. The third kappa shape index (κ3) is 4.47. The van der Waals surface area contributed by atoms with Crippen LogP contribution in [0.2, 0.25) is 0 Å². The van der Waals surface area contributed by atoms with Gasteiger partial charge in [0.25, 0.3) is 11.5 Å². The van der Waals surface area contributed by atoms with Crippen molar-refractivity contribution in [1.82, 2.24) is 20.0 Å². The van der Waals surface area contributed by atoms with E-state index in [-0.39, 0.29) is 18.0 Å². The number of nitrogens with zero attached hydrogens (tertiary/aromatic N) is 2. The molecule has 1 aromatic heterocycles. The topological polar surface area (TPSA) is 82.2 Å². The number of anilines is 1. The summed E-state index contributed by atoms with van der Waals surface area (Å²) >= 11 is 0. The second-order valence-corrected chi connectivity index (χ2v) is 7.40. The molecule has 0 radical (unpaired) electrons. The maximum absolute atomic E-state index is 12.7. The zero-order valence-electron chi connectivity index (χ0n) is 17.1. The van der Waals surface area contributed by atoms with E-state index >= 15 is 0 Å². The standard InChI is InChI=1S/C21H31N5O2/c1-4-22-19-9-7-8-17(15(19)2)20(27)23-14-18-16(3)26(24-21(18)28)13-12-25-10-5-6-11-25/h7-9,22H,4-6,10-14H2,1-3H3,(H,23,27)(H,24,28). The molecule has 0 bridgehead atoms. The Bertz CT molecular complexity index is 877. The third-order valence-corrected chi connectivity index (χ3v) is 5.56. The lowest BCUT2D eigenvalue weighted by atomic mass is 10.1. The summed E-state index contributed by atoms with van der Waals surface area (Å²) in [7, 11) is 0. The first-order valence-corrected chi connectivity index (χ1v) is 10.1. The minimum Gasteiger partial charge on any atom is -0.385 e. The van der Waals surface area contributed by atoms with Gasteiger partial charge in [-0.15, -0.1) is 0 Å². The first-order valence-electron chi connectivity index (χ1n) is 10.1. The summed E-state index contributed by atoms with van der Waals surface area (Å²) in [5, 5.41) is 9.08. The van der Waals surface area contributed by atoms with E-state index in [1.807, 2.05) is 43.7 Å². The van der Waals surface area contributed by atoms with E-state index in [4.69, 9.17) is 0 Å². The lowest BCUT2D eigenvalue weighted by Crippen LogP contribution is -2.26. The monoisotopic (exact) mass is 385 g/mol. The van der Waals surface area contributed by atoms with Crippen molar-refractivity contribution in [3.8, 4) is 0 Å². The van der Waals surface area contributed by atoms with Crippen molar-refractivity contribution in [2.75, 3.05) is 31.5 Å². The van der Waals surface area contributed by atoms with Crippen LogP contribution in [-0.2, 0) is 13.1 Å². The Balaban J connectivity index is 1.65. The molecule has 1 amide bonds. The number of likely N-dealkylation sites (tertiary alicyclic amines) is 1. The number of aromatic nitrogens is 2. The number of H-pyrrole nitrogens is 1. The zero-order chi connectivity index (χ0) is 20.1. The van der Waals surface area contributed by atoms with Crippen molar-refractivity contribution in [2.45, 2.75) is 46.7 Å². The van der Waals surface area contributed by atoms with Crippen molar-refractivity contribution in [2.24, 2.45) is 0 Å². The van der Waals surface area contributed by atoms with Gasteiger partial charge in [-0.1, -0.05) is 6.07 Å². The van der Waals surface area contributed by atoms with E-state index < -0.39 is 0 Å². The average molecular weight is 386 g/mol. The van der Waals surface area contributed by atoms with Gasteiger partial charge in [0.05, 0.1) is 18.7 Å². The Labute approximate surface area is 166 Å². The molecule has 1 saturated heterocycles. The molecule has 0 unspecified atom stereocenters. The minimum absolute atomic E-state index is 0.127. The Morgan fingerprint density at radius 2 is 1.93 bits per heavy atom. The van der Waals surface area contributed by atoms with Gasteiger partial charge in [-0.3, -0.25) is 19.4 Å². The smallest absolute Gasteiger partial charge is 0.269 e. The minimum atomic E-state index is -0.166. The molecule has 152 valence electrons.